The highest BCUT2D eigenvalue weighted by molar-refractivity contribution is 6.32. The summed E-state index contributed by atoms with van der Waals surface area (Å²) >= 11 is 6.68. The monoisotopic (exact) mass is 367 g/mol. The average Bonchev–Trinajstić information content (AvgIpc) is 3.32. The highest BCUT2D eigenvalue weighted by atomic mass is 35.5. The van der Waals surface area contributed by atoms with Gasteiger partial charge in [-0.15, -0.1) is 0 Å². The maximum absolute atomic E-state index is 6.68. The number of aromatic amines is 1. The Hall–Kier alpha value is -2.64. The van der Waals surface area contributed by atoms with Crippen LogP contribution in [-0.4, -0.2) is 43.5 Å². The molecule has 0 amide bonds. The highest BCUT2D eigenvalue weighted by Gasteiger charge is 2.20. The zero-order chi connectivity index (χ0) is 17.5. The topological polar surface area (TPSA) is 82.9 Å². The van der Waals surface area contributed by atoms with Gasteiger partial charge < -0.3 is 15.6 Å². The molecule has 7 nitrogen and oxygen atoms in total. The molecule has 132 valence electrons. The van der Waals surface area contributed by atoms with Gasteiger partial charge in [0.1, 0.15) is 16.5 Å². The number of halogens is 1. The van der Waals surface area contributed by atoms with Crippen molar-refractivity contribution in [3.05, 3.63) is 42.1 Å². The summed E-state index contributed by atoms with van der Waals surface area (Å²) in [6, 6.07) is 4.26. The summed E-state index contributed by atoms with van der Waals surface area (Å²) in [6.45, 7) is 1.99. The van der Waals surface area contributed by atoms with Gasteiger partial charge in [-0.1, -0.05) is 11.6 Å². The molecule has 1 aliphatic heterocycles. The van der Waals surface area contributed by atoms with Crippen molar-refractivity contribution in [1.82, 2.24) is 29.7 Å². The predicted octanol–water partition coefficient (Wildman–Crippen LogP) is 3.09. The normalized spacial score (nSPS) is 17.8. The lowest BCUT2D eigenvalue weighted by Crippen LogP contribution is -2.38. The van der Waals surface area contributed by atoms with Gasteiger partial charge >= 0.3 is 0 Å². The van der Waals surface area contributed by atoms with Crippen LogP contribution in [0.25, 0.3) is 27.9 Å². The van der Waals surface area contributed by atoms with Crippen LogP contribution in [0.5, 0.6) is 0 Å². The second kappa shape index (κ2) is 6.26. The molecule has 1 aliphatic rings. The van der Waals surface area contributed by atoms with Crippen LogP contribution in [0.4, 0.5) is 5.82 Å². The third-order valence-corrected chi connectivity index (χ3v) is 5.19. The Kier molecular flexibility index (Phi) is 3.76. The number of aromatic nitrogens is 5. The summed E-state index contributed by atoms with van der Waals surface area (Å²) in [5, 5.41) is 8.49. The van der Waals surface area contributed by atoms with Crippen molar-refractivity contribution >= 4 is 34.1 Å². The second-order valence-corrected chi connectivity index (χ2v) is 6.87. The van der Waals surface area contributed by atoms with Gasteiger partial charge in [-0.25, -0.2) is 15.0 Å². The maximum atomic E-state index is 6.68. The van der Waals surface area contributed by atoms with Crippen LogP contribution in [0.15, 0.2) is 36.9 Å². The molecular weight excluding hydrogens is 350 g/mol. The highest BCUT2D eigenvalue weighted by Crippen LogP contribution is 2.34. The lowest BCUT2D eigenvalue weighted by Gasteiger charge is -2.24. The molecule has 0 spiro atoms. The van der Waals surface area contributed by atoms with E-state index in [9.17, 15) is 0 Å². The van der Waals surface area contributed by atoms with E-state index in [4.69, 9.17) is 16.6 Å². The Bertz CT molecular complexity index is 1080. The van der Waals surface area contributed by atoms with Crippen LogP contribution in [0.1, 0.15) is 12.8 Å². The van der Waals surface area contributed by atoms with Gasteiger partial charge in [0.05, 0.1) is 0 Å². The molecule has 0 radical (unpaired) electrons. The van der Waals surface area contributed by atoms with Gasteiger partial charge in [0.25, 0.3) is 0 Å². The number of imidazole rings is 1. The Labute approximate surface area is 154 Å². The fourth-order valence-corrected chi connectivity index (χ4v) is 3.83. The molecule has 0 aliphatic carbocycles. The van der Waals surface area contributed by atoms with Crippen molar-refractivity contribution in [3.63, 3.8) is 0 Å². The van der Waals surface area contributed by atoms with Gasteiger partial charge in [-0.3, -0.25) is 4.40 Å². The fourth-order valence-electron chi connectivity index (χ4n) is 3.55. The molecule has 26 heavy (non-hydrogen) atoms. The van der Waals surface area contributed by atoms with Crippen LogP contribution in [0, 0.1) is 0 Å². The molecule has 5 rings (SSSR count). The molecule has 8 heteroatoms. The summed E-state index contributed by atoms with van der Waals surface area (Å²) in [7, 11) is 0. The number of nitrogens with one attached hydrogen (secondary N) is 3. The lowest BCUT2D eigenvalue weighted by molar-refractivity contribution is 0.479. The third-order valence-electron chi connectivity index (χ3n) is 4.83. The summed E-state index contributed by atoms with van der Waals surface area (Å²) in [6.07, 6.45) is 9.53. The first-order valence-corrected chi connectivity index (χ1v) is 9.11. The van der Waals surface area contributed by atoms with Crippen molar-refractivity contribution in [1.29, 1.82) is 0 Å². The minimum atomic E-state index is 0.329. The molecule has 0 aromatic carbocycles. The van der Waals surface area contributed by atoms with Crippen molar-refractivity contribution in [3.8, 4) is 11.3 Å². The summed E-state index contributed by atoms with van der Waals surface area (Å²) in [5.41, 5.74) is 3.19. The minimum Gasteiger partial charge on any atom is -0.363 e. The number of nitrogens with zero attached hydrogens (tertiary/aromatic N) is 4. The van der Waals surface area contributed by atoms with E-state index < -0.39 is 0 Å². The van der Waals surface area contributed by atoms with Crippen molar-refractivity contribution in [2.45, 2.75) is 18.9 Å². The van der Waals surface area contributed by atoms with Crippen molar-refractivity contribution in [2.75, 3.05) is 18.4 Å². The van der Waals surface area contributed by atoms with Gasteiger partial charge in [0.2, 0.25) is 0 Å². The number of rotatable bonds is 3. The number of fused-ring (bicyclic) bond motifs is 2. The smallest absolute Gasteiger partial charge is 0.181 e. The van der Waals surface area contributed by atoms with Gasteiger partial charge in [-0.2, -0.15) is 0 Å². The Morgan fingerprint density at radius 2 is 2.23 bits per heavy atom. The van der Waals surface area contributed by atoms with E-state index in [1.807, 2.05) is 28.9 Å². The van der Waals surface area contributed by atoms with Crippen molar-refractivity contribution in [2.24, 2.45) is 0 Å². The largest absolute Gasteiger partial charge is 0.363 e. The van der Waals surface area contributed by atoms with Crippen molar-refractivity contribution < 1.29 is 0 Å². The number of anilines is 1. The quantitative estimate of drug-likeness (QED) is 0.518. The molecule has 1 fully saturated rings. The maximum Gasteiger partial charge on any atom is 0.181 e. The molecule has 0 saturated carbocycles. The number of piperidine rings is 1. The molecular formula is C18H18ClN7. The molecule has 0 unspecified atom stereocenters. The van der Waals surface area contributed by atoms with E-state index >= 15 is 0 Å². The Morgan fingerprint density at radius 1 is 1.27 bits per heavy atom. The Morgan fingerprint density at radius 3 is 3.12 bits per heavy atom. The van der Waals surface area contributed by atoms with Crippen LogP contribution in [0.3, 0.4) is 0 Å². The standard InChI is InChI=1S/C18H18ClN7/c19-15-14(13-10-23-16-12(13)4-2-6-21-16)25-17(18-22-7-8-26(15)18)24-11-3-1-5-20-9-11/h2,4,6-8,10-11,20H,1,3,5,9H2,(H,21,23)(H,24,25)/t11-/m0/s1. The summed E-state index contributed by atoms with van der Waals surface area (Å²) < 4.78 is 1.87. The summed E-state index contributed by atoms with van der Waals surface area (Å²) in [5.74, 6) is 0.751. The Balaban J connectivity index is 1.66. The first kappa shape index (κ1) is 15.6. The number of pyridine rings is 1. The molecule has 4 aromatic rings. The van der Waals surface area contributed by atoms with E-state index in [0.717, 1.165) is 54.0 Å². The van der Waals surface area contributed by atoms with Crippen LogP contribution in [0.2, 0.25) is 5.15 Å². The van der Waals surface area contributed by atoms with E-state index in [0.29, 0.717) is 16.9 Å². The molecule has 1 saturated heterocycles. The number of hydrogen-bond acceptors (Lipinski definition) is 5. The zero-order valence-electron chi connectivity index (χ0n) is 14.0. The molecule has 5 heterocycles. The third kappa shape index (κ3) is 2.51. The average molecular weight is 368 g/mol. The lowest BCUT2D eigenvalue weighted by atomic mass is 10.1. The van der Waals surface area contributed by atoms with Crippen LogP contribution >= 0.6 is 11.6 Å². The molecule has 1 atom stereocenters. The van der Waals surface area contributed by atoms with Crippen LogP contribution < -0.4 is 10.6 Å². The molecule has 0 bridgehead atoms. The zero-order valence-corrected chi connectivity index (χ0v) is 14.8. The van der Waals surface area contributed by atoms with Gasteiger partial charge in [0.15, 0.2) is 11.5 Å². The van der Waals surface area contributed by atoms with E-state index in [1.165, 1.54) is 0 Å². The van der Waals surface area contributed by atoms with Gasteiger partial charge in [-0.05, 0) is 31.5 Å². The predicted molar refractivity (Wildman–Crippen MR) is 103 cm³/mol. The SMILES string of the molecule is Clc1c(-c2c[nH]c3ncccc23)nc(N[C@H]2CCCNC2)c2nccn12. The number of H-pyrrole nitrogens is 1. The fraction of sp³-hybridized carbons (Fsp3) is 0.278. The van der Waals surface area contributed by atoms with Crippen LogP contribution in [-0.2, 0) is 0 Å². The van der Waals surface area contributed by atoms with E-state index in [2.05, 4.69) is 25.6 Å². The van der Waals surface area contributed by atoms with E-state index in [1.54, 1.807) is 12.4 Å². The first-order valence-electron chi connectivity index (χ1n) is 8.73. The molecule has 3 N–H and O–H groups in total. The summed E-state index contributed by atoms with van der Waals surface area (Å²) in [4.78, 5) is 16.8. The molecule has 4 aromatic heterocycles. The van der Waals surface area contributed by atoms with E-state index in [-0.39, 0.29) is 0 Å². The number of hydrogen-bond donors (Lipinski definition) is 3. The van der Waals surface area contributed by atoms with Gasteiger partial charge in [0, 0.05) is 48.3 Å². The minimum absolute atomic E-state index is 0.329. The first-order chi connectivity index (χ1) is 12.8. The second-order valence-electron chi connectivity index (χ2n) is 6.51.